The van der Waals surface area contributed by atoms with Crippen molar-refractivity contribution >= 4 is 23.5 Å². The number of nitrogens with one attached hydrogen (secondary N) is 2. The monoisotopic (exact) mass is 231 g/mol. The third-order valence-corrected chi connectivity index (χ3v) is 1.98. The Morgan fingerprint density at radius 3 is 2.87 bits per heavy atom. The quantitative estimate of drug-likeness (QED) is 0.610. The van der Waals surface area contributed by atoms with Crippen LogP contribution in [-0.4, -0.2) is 38.9 Å². The first-order chi connectivity index (χ1) is 7.13. The number of carbonyl (C=O) groups is 2. The maximum absolute atomic E-state index is 10.9. The van der Waals surface area contributed by atoms with Crippen LogP contribution in [0.3, 0.4) is 0 Å². The van der Waals surface area contributed by atoms with Gasteiger partial charge in [0.15, 0.2) is 0 Å². The van der Waals surface area contributed by atoms with Crippen molar-refractivity contribution in [3.8, 4) is 0 Å². The second kappa shape index (κ2) is 5.35. The van der Waals surface area contributed by atoms with Crippen LogP contribution in [0.25, 0.3) is 0 Å². The van der Waals surface area contributed by atoms with Crippen molar-refractivity contribution < 1.29 is 14.7 Å². The van der Waals surface area contributed by atoms with E-state index < -0.39 is 17.9 Å². The number of aliphatic carboxylic acids is 1. The SMILES string of the molecule is O=C(CCl)NC(Cc1cnc[nH]1)C(=O)O. The summed E-state index contributed by atoms with van der Waals surface area (Å²) < 4.78 is 0. The fourth-order valence-electron chi connectivity index (χ4n) is 1.05. The molecule has 0 bridgehead atoms. The van der Waals surface area contributed by atoms with Crippen LogP contribution >= 0.6 is 11.6 Å². The molecule has 3 N–H and O–H groups in total. The predicted octanol–water partition coefficient (Wildman–Crippen LogP) is -0.240. The van der Waals surface area contributed by atoms with Gasteiger partial charge in [0.25, 0.3) is 0 Å². The van der Waals surface area contributed by atoms with Crippen molar-refractivity contribution in [2.75, 3.05) is 5.88 Å². The minimum Gasteiger partial charge on any atom is -0.480 e. The van der Waals surface area contributed by atoms with Gasteiger partial charge in [-0.15, -0.1) is 11.6 Å². The molecule has 1 aromatic heterocycles. The van der Waals surface area contributed by atoms with Crippen LogP contribution in [0.1, 0.15) is 5.69 Å². The van der Waals surface area contributed by atoms with E-state index in [1.165, 1.54) is 12.5 Å². The molecule has 0 fully saturated rings. The highest BCUT2D eigenvalue weighted by molar-refractivity contribution is 6.27. The van der Waals surface area contributed by atoms with Crippen LogP contribution in [0.2, 0.25) is 0 Å². The van der Waals surface area contributed by atoms with E-state index in [1.54, 1.807) is 0 Å². The first-order valence-corrected chi connectivity index (χ1v) is 4.72. The van der Waals surface area contributed by atoms with Gasteiger partial charge < -0.3 is 15.4 Å². The summed E-state index contributed by atoms with van der Waals surface area (Å²) in [6.07, 6.45) is 3.10. The zero-order valence-corrected chi connectivity index (χ0v) is 8.49. The highest BCUT2D eigenvalue weighted by atomic mass is 35.5. The lowest BCUT2D eigenvalue weighted by Crippen LogP contribution is -2.42. The second-order valence-corrected chi connectivity index (χ2v) is 3.14. The maximum atomic E-state index is 10.9. The van der Waals surface area contributed by atoms with Gasteiger partial charge in [0.1, 0.15) is 11.9 Å². The summed E-state index contributed by atoms with van der Waals surface area (Å²) in [6.45, 7) is 0. The second-order valence-electron chi connectivity index (χ2n) is 2.87. The number of imidazole rings is 1. The maximum Gasteiger partial charge on any atom is 0.326 e. The van der Waals surface area contributed by atoms with Crippen LogP contribution in [0.4, 0.5) is 0 Å². The Morgan fingerprint density at radius 1 is 1.67 bits per heavy atom. The van der Waals surface area contributed by atoms with Crippen molar-refractivity contribution in [1.82, 2.24) is 15.3 Å². The minimum absolute atomic E-state index is 0.151. The fourth-order valence-corrected chi connectivity index (χ4v) is 1.13. The lowest BCUT2D eigenvalue weighted by atomic mass is 10.1. The Bertz CT molecular complexity index is 339. The summed E-state index contributed by atoms with van der Waals surface area (Å²) in [7, 11) is 0. The van der Waals surface area contributed by atoms with Gasteiger partial charge in [-0.3, -0.25) is 4.79 Å². The number of aromatic nitrogens is 2. The van der Waals surface area contributed by atoms with E-state index in [0.717, 1.165) is 0 Å². The lowest BCUT2D eigenvalue weighted by molar-refractivity contribution is -0.141. The van der Waals surface area contributed by atoms with Crippen molar-refractivity contribution in [1.29, 1.82) is 0 Å². The summed E-state index contributed by atoms with van der Waals surface area (Å²) in [5, 5.41) is 11.1. The number of H-pyrrole nitrogens is 1. The van der Waals surface area contributed by atoms with Gasteiger partial charge in [-0.1, -0.05) is 0 Å². The zero-order valence-electron chi connectivity index (χ0n) is 7.74. The van der Waals surface area contributed by atoms with E-state index in [2.05, 4.69) is 15.3 Å². The first-order valence-electron chi connectivity index (χ1n) is 4.19. The predicted molar refractivity (Wildman–Crippen MR) is 52.6 cm³/mol. The van der Waals surface area contributed by atoms with E-state index in [-0.39, 0.29) is 12.3 Å². The molecule has 0 saturated heterocycles. The minimum atomic E-state index is -1.11. The normalized spacial score (nSPS) is 12.1. The van der Waals surface area contributed by atoms with Crippen LogP contribution in [0.5, 0.6) is 0 Å². The molecule has 1 atom stereocenters. The number of halogens is 1. The number of carboxylic acids is 1. The average molecular weight is 232 g/mol. The number of carboxylic acid groups (broad SMARTS) is 1. The van der Waals surface area contributed by atoms with Crippen LogP contribution < -0.4 is 5.32 Å². The molecule has 0 saturated carbocycles. The highest BCUT2D eigenvalue weighted by Gasteiger charge is 2.20. The number of nitrogens with zero attached hydrogens (tertiary/aromatic N) is 1. The molecule has 6 nitrogen and oxygen atoms in total. The largest absolute Gasteiger partial charge is 0.480 e. The first kappa shape index (κ1) is 11.5. The molecular formula is C8H10ClN3O3. The molecule has 0 aromatic carbocycles. The summed E-state index contributed by atoms with van der Waals surface area (Å²) in [5.41, 5.74) is 0.636. The molecule has 1 aromatic rings. The van der Waals surface area contributed by atoms with Crippen molar-refractivity contribution in [2.45, 2.75) is 12.5 Å². The zero-order chi connectivity index (χ0) is 11.3. The molecule has 0 aliphatic carbocycles. The summed E-state index contributed by atoms with van der Waals surface area (Å²) >= 11 is 5.26. The van der Waals surface area contributed by atoms with E-state index in [1.807, 2.05) is 0 Å². The van der Waals surface area contributed by atoms with Gasteiger partial charge in [-0.25, -0.2) is 9.78 Å². The van der Waals surface area contributed by atoms with Crippen molar-refractivity contribution in [3.63, 3.8) is 0 Å². The molecule has 1 heterocycles. The Hall–Kier alpha value is -1.56. The van der Waals surface area contributed by atoms with E-state index >= 15 is 0 Å². The molecule has 0 aliphatic heterocycles. The Balaban J connectivity index is 2.59. The number of rotatable bonds is 5. The topological polar surface area (TPSA) is 95.1 Å². The van der Waals surface area contributed by atoms with Crippen LogP contribution in [-0.2, 0) is 16.0 Å². The molecule has 0 radical (unpaired) electrons. The summed E-state index contributed by atoms with van der Waals surface area (Å²) in [6, 6.07) is -0.989. The van der Waals surface area contributed by atoms with Gasteiger partial charge in [-0.2, -0.15) is 0 Å². The molecular weight excluding hydrogens is 222 g/mol. The van der Waals surface area contributed by atoms with Crippen molar-refractivity contribution in [3.05, 3.63) is 18.2 Å². The smallest absolute Gasteiger partial charge is 0.326 e. The van der Waals surface area contributed by atoms with E-state index in [0.29, 0.717) is 5.69 Å². The lowest BCUT2D eigenvalue weighted by Gasteiger charge is -2.12. The van der Waals surface area contributed by atoms with E-state index in [4.69, 9.17) is 16.7 Å². The molecule has 0 spiro atoms. The fraction of sp³-hybridized carbons (Fsp3) is 0.375. The van der Waals surface area contributed by atoms with Crippen molar-refractivity contribution in [2.24, 2.45) is 0 Å². The van der Waals surface area contributed by atoms with E-state index in [9.17, 15) is 9.59 Å². The Labute approximate surface area is 90.7 Å². The molecule has 1 amide bonds. The Morgan fingerprint density at radius 2 is 2.40 bits per heavy atom. The molecule has 0 aliphatic rings. The van der Waals surface area contributed by atoms with Gasteiger partial charge in [0.05, 0.1) is 6.33 Å². The number of carbonyl (C=O) groups excluding carboxylic acids is 1. The van der Waals surface area contributed by atoms with Gasteiger partial charge in [0, 0.05) is 18.3 Å². The Kier molecular flexibility index (Phi) is 4.11. The third-order valence-electron chi connectivity index (χ3n) is 1.73. The standard InChI is InChI=1S/C8H10ClN3O3/c9-2-7(13)12-6(8(14)15)1-5-3-10-4-11-5/h3-4,6H,1-2H2,(H,10,11)(H,12,13)(H,14,15). The average Bonchev–Trinajstić information content (AvgIpc) is 2.69. The number of alkyl halides is 1. The number of amides is 1. The molecule has 1 rings (SSSR count). The molecule has 82 valence electrons. The number of hydrogen-bond donors (Lipinski definition) is 3. The number of aromatic amines is 1. The molecule has 1 unspecified atom stereocenters. The summed E-state index contributed by atoms with van der Waals surface area (Å²) in [4.78, 5) is 28.2. The van der Waals surface area contributed by atoms with Gasteiger partial charge in [-0.05, 0) is 0 Å². The van der Waals surface area contributed by atoms with Crippen LogP contribution in [0.15, 0.2) is 12.5 Å². The van der Waals surface area contributed by atoms with Gasteiger partial charge in [0.2, 0.25) is 5.91 Å². The molecule has 15 heavy (non-hydrogen) atoms. The van der Waals surface area contributed by atoms with Gasteiger partial charge >= 0.3 is 5.97 Å². The third kappa shape index (κ3) is 3.59. The number of hydrogen-bond acceptors (Lipinski definition) is 3. The highest BCUT2D eigenvalue weighted by Crippen LogP contribution is 1.98. The summed E-state index contributed by atoms with van der Waals surface area (Å²) in [5.74, 6) is -1.88. The van der Waals surface area contributed by atoms with Crippen LogP contribution in [0, 0.1) is 0 Å². The molecule has 7 heteroatoms.